The van der Waals surface area contributed by atoms with Crippen molar-refractivity contribution in [2.24, 2.45) is 14.1 Å². The van der Waals surface area contributed by atoms with E-state index in [1.54, 1.807) is 34.2 Å². The van der Waals surface area contributed by atoms with Crippen LogP contribution in [0, 0.1) is 13.8 Å². The minimum atomic E-state index is -0.127. The van der Waals surface area contributed by atoms with E-state index in [1.807, 2.05) is 46.1 Å². The number of anilines is 1. The lowest BCUT2D eigenvalue weighted by Crippen LogP contribution is -2.21. The average Bonchev–Trinajstić information content (AvgIpc) is 3.25. The molecule has 4 aromatic heterocycles. The number of nitrogens with one attached hydrogen (secondary N) is 1. The lowest BCUT2D eigenvalue weighted by molar-refractivity contribution is 0.185. The number of aromatic nitrogens is 6. The van der Waals surface area contributed by atoms with Crippen molar-refractivity contribution in [3.05, 3.63) is 64.1 Å². The van der Waals surface area contributed by atoms with Gasteiger partial charge in [0.25, 0.3) is 0 Å². The van der Waals surface area contributed by atoms with Crippen LogP contribution in [0.2, 0.25) is 0 Å². The smallest absolute Gasteiger partial charge is 0.333 e. The number of benzene rings is 1. The highest BCUT2D eigenvalue weighted by atomic mass is 16.5. The van der Waals surface area contributed by atoms with Crippen molar-refractivity contribution >= 4 is 27.8 Å². The van der Waals surface area contributed by atoms with Crippen LogP contribution in [0.3, 0.4) is 0 Å². The van der Waals surface area contributed by atoms with E-state index in [-0.39, 0.29) is 5.69 Å². The fraction of sp³-hybridized carbons (Fsp3) is 0.308. The standard InChI is InChI=1S/C26H29N7O2/c1-7-27-25-19(14-35-6)10-18(12-29-25)17-8-9-21-20(11-17)24-22(13-28-21)31(4)26(34)33(24)23-15(2)30-32(5)16(23)3/h8-13H,7,14H2,1-6H3,(H,27,29). The molecule has 0 aliphatic rings. The number of hydrogen-bond donors (Lipinski definition) is 1. The van der Waals surface area contributed by atoms with Crippen LogP contribution in [-0.4, -0.2) is 42.5 Å². The summed E-state index contributed by atoms with van der Waals surface area (Å²) < 4.78 is 10.6. The first-order valence-corrected chi connectivity index (χ1v) is 11.6. The molecule has 4 heterocycles. The van der Waals surface area contributed by atoms with E-state index >= 15 is 0 Å². The third-order valence-electron chi connectivity index (χ3n) is 6.52. The first-order chi connectivity index (χ1) is 16.8. The van der Waals surface area contributed by atoms with Gasteiger partial charge in [-0.1, -0.05) is 6.07 Å². The van der Waals surface area contributed by atoms with Crippen molar-refractivity contribution in [2.45, 2.75) is 27.4 Å². The fourth-order valence-electron chi connectivity index (χ4n) is 4.73. The molecule has 0 atom stereocenters. The molecular weight excluding hydrogens is 442 g/mol. The first-order valence-electron chi connectivity index (χ1n) is 11.6. The molecule has 0 fully saturated rings. The number of aryl methyl sites for hydroxylation is 3. The molecule has 0 aliphatic carbocycles. The predicted molar refractivity (Wildman–Crippen MR) is 138 cm³/mol. The van der Waals surface area contributed by atoms with E-state index in [4.69, 9.17) is 4.74 Å². The number of hydrogen-bond acceptors (Lipinski definition) is 6. The maximum atomic E-state index is 13.4. The van der Waals surface area contributed by atoms with Crippen LogP contribution >= 0.6 is 0 Å². The van der Waals surface area contributed by atoms with Crippen molar-refractivity contribution in [3.63, 3.8) is 0 Å². The van der Waals surface area contributed by atoms with Crippen LogP contribution in [0.25, 0.3) is 38.8 Å². The van der Waals surface area contributed by atoms with E-state index in [0.29, 0.717) is 6.61 Å². The third-order valence-corrected chi connectivity index (χ3v) is 6.52. The summed E-state index contributed by atoms with van der Waals surface area (Å²) in [6.45, 7) is 7.18. The number of methoxy groups -OCH3 is 1. The molecule has 0 unspecified atom stereocenters. The SMILES string of the molecule is CCNc1ncc(-c2ccc3ncc4c(c3c2)n(-c2c(C)nn(C)c2C)c(=O)n4C)cc1COC. The molecule has 0 radical (unpaired) electrons. The van der Waals surface area contributed by atoms with E-state index < -0.39 is 0 Å². The summed E-state index contributed by atoms with van der Waals surface area (Å²) in [7, 11) is 5.35. The zero-order valence-corrected chi connectivity index (χ0v) is 20.9. The Hall–Kier alpha value is -3.98. The lowest BCUT2D eigenvalue weighted by Gasteiger charge is -2.12. The maximum Gasteiger partial charge on any atom is 0.333 e. The van der Waals surface area contributed by atoms with Gasteiger partial charge < -0.3 is 10.1 Å². The second-order valence-electron chi connectivity index (χ2n) is 8.74. The zero-order chi connectivity index (χ0) is 24.9. The van der Waals surface area contributed by atoms with Crippen molar-refractivity contribution < 1.29 is 4.74 Å². The van der Waals surface area contributed by atoms with Crippen LogP contribution in [0.15, 0.2) is 41.5 Å². The largest absolute Gasteiger partial charge is 0.380 e. The summed E-state index contributed by atoms with van der Waals surface area (Å²) in [5.41, 5.74) is 7.74. The normalized spacial score (nSPS) is 11.6. The summed E-state index contributed by atoms with van der Waals surface area (Å²) >= 11 is 0. The minimum absolute atomic E-state index is 0.127. The summed E-state index contributed by atoms with van der Waals surface area (Å²) in [6.07, 6.45) is 3.62. The number of fused-ring (bicyclic) bond motifs is 3. The van der Waals surface area contributed by atoms with Gasteiger partial charge in [-0.3, -0.25) is 18.8 Å². The Morgan fingerprint density at radius 1 is 1.06 bits per heavy atom. The number of pyridine rings is 2. The summed E-state index contributed by atoms with van der Waals surface area (Å²) in [6, 6.07) is 8.20. The second-order valence-corrected chi connectivity index (χ2v) is 8.74. The van der Waals surface area contributed by atoms with Crippen LogP contribution in [0.5, 0.6) is 0 Å². The molecule has 0 bridgehead atoms. The molecular formula is C26H29N7O2. The van der Waals surface area contributed by atoms with Crippen LogP contribution < -0.4 is 11.0 Å². The van der Waals surface area contributed by atoms with Gasteiger partial charge in [-0.2, -0.15) is 5.10 Å². The first kappa shape index (κ1) is 22.8. The summed E-state index contributed by atoms with van der Waals surface area (Å²) in [4.78, 5) is 22.7. The molecule has 0 aliphatic heterocycles. The quantitative estimate of drug-likeness (QED) is 0.404. The van der Waals surface area contributed by atoms with Crippen molar-refractivity contribution in [1.29, 1.82) is 0 Å². The molecule has 1 N–H and O–H groups in total. The van der Waals surface area contributed by atoms with Crippen molar-refractivity contribution in [1.82, 2.24) is 28.9 Å². The Bertz CT molecular complexity index is 1640. The summed E-state index contributed by atoms with van der Waals surface area (Å²) in [5.74, 6) is 0.822. The average molecular weight is 472 g/mol. The van der Waals surface area contributed by atoms with Gasteiger partial charge >= 0.3 is 5.69 Å². The molecule has 0 amide bonds. The molecule has 0 saturated carbocycles. The lowest BCUT2D eigenvalue weighted by atomic mass is 10.0. The Morgan fingerprint density at radius 2 is 1.86 bits per heavy atom. The van der Waals surface area contributed by atoms with Gasteiger partial charge in [0.15, 0.2) is 0 Å². The Balaban J connectivity index is 1.79. The predicted octanol–water partition coefficient (Wildman–Crippen LogP) is 3.87. The van der Waals surface area contributed by atoms with Gasteiger partial charge in [0.05, 0.1) is 46.4 Å². The van der Waals surface area contributed by atoms with Crippen LogP contribution in [0.1, 0.15) is 23.9 Å². The highest BCUT2D eigenvalue weighted by Crippen LogP contribution is 2.32. The highest BCUT2D eigenvalue weighted by Gasteiger charge is 2.21. The summed E-state index contributed by atoms with van der Waals surface area (Å²) in [5, 5.41) is 8.73. The number of nitrogens with zero attached hydrogens (tertiary/aromatic N) is 6. The third kappa shape index (κ3) is 3.59. The zero-order valence-electron chi connectivity index (χ0n) is 20.9. The Labute approximate surface area is 203 Å². The molecule has 5 rings (SSSR count). The maximum absolute atomic E-state index is 13.4. The van der Waals surface area contributed by atoms with E-state index in [9.17, 15) is 4.79 Å². The molecule has 9 nitrogen and oxygen atoms in total. The van der Waals surface area contributed by atoms with Gasteiger partial charge in [0.1, 0.15) is 5.82 Å². The van der Waals surface area contributed by atoms with E-state index in [1.165, 1.54) is 0 Å². The van der Waals surface area contributed by atoms with E-state index in [0.717, 1.165) is 68.1 Å². The van der Waals surface area contributed by atoms with E-state index in [2.05, 4.69) is 32.5 Å². The molecule has 0 spiro atoms. The topological polar surface area (TPSA) is 91.8 Å². The molecule has 0 saturated heterocycles. The van der Waals surface area contributed by atoms with Gasteiger partial charge in [0.2, 0.25) is 0 Å². The number of rotatable bonds is 6. The second kappa shape index (κ2) is 8.66. The van der Waals surface area contributed by atoms with Gasteiger partial charge in [-0.25, -0.2) is 9.78 Å². The van der Waals surface area contributed by atoms with Crippen molar-refractivity contribution in [2.75, 3.05) is 19.0 Å². The number of ether oxygens (including phenoxy) is 1. The van der Waals surface area contributed by atoms with Gasteiger partial charge in [-0.15, -0.1) is 0 Å². The van der Waals surface area contributed by atoms with Gasteiger partial charge in [-0.05, 0) is 44.5 Å². The highest BCUT2D eigenvalue weighted by molar-refractivity contribution is 6.04. The Morgan fingerprint density at radius 3 is 2.54 bits per heavy atom. The minimum Gasteiger partial charge on any atom is -0.380 e. The molecule has 1 aromatic carbocycles. The molecule has 5 aromatic rings. The number of imidazole rings is 1. The monoisotopic (exact) mass is 471 g/mol. The van der Waals surface area contributed by atoms with Crippen LogP contribution in [-0.2, 0) is 25.4 Å². The van der Waals surface area contributed by atoms with Crippen molar-refractivity contribution in [3.8, 4) is 16.8 Å². The van der Waals surface area contributed by atoms with Crippen LogP contribution in [0.4, 0.5) is 5.82 Å². The van der Waals surface area contributed by atoms with Gasteiger partial charge in [0, 0.05) is 50.5 Å². The molecule has 9 heteroatoms. The fourth-order valence-corrected chi connectivity index (χ4v) is 4.73. The Kier molecular flexibility index (Phi) is 5.64. The molecule has 180 valence electrons. The molecule has 35 heavy (non-hydrogen) atoms.